The predicted octanol–water partition coefficient (Wildman–Crippen LogP) is 3.30. The highest BCUT2D eigenvalue weighted by Crippen LogP contribution is 2.27. The summed E-state index contributed by atoms with van der Waals surface area (Å²) in [7, 11) is 0. The Balaban J connectivity index is 1.76. The molecule has 1 saturated heterocycles. The minimum atomic E-state index is -1.28. The second-order valence-corrected chi connectivity index (χ2v) is 7.63. The molecule has 0 atom stereocenters. The van der Waals surface area contributed by atoms with E-state index in [0.717, 1.165) is 10.6 Å². The molecule has 1 fully saturated rings. The highest BCUT2D eigenvalue weighted by atomic mass is 32.1. The van der Waals surface area contributed by atoms with Crippen molar-refractivity contribution in [2.75, 3.05) is 13.2 Å². The zero-order valence-electron chi connectivity index (χ0n) is 14.8. The molecule has 7 heteroatoms. The first-order valence-corrected chi connectivity index (χ1v) is 9.49. The van der Waals surface area contributed by atoms with Gasteiger partial charge in [0.05, 0.1) is 0 Å². The van der Waals surface area contributed by atoms with E-state index in [1.807, 2.05) is 12.1 Å². The molecule has 2 aromatic rings. The molecule has 3 rings (SSSR count). The van der Waals surface area contributed by atoms with Gasteiger partial charge in [0.2, 0.25) is 0 Å². The van der Waals surface area contributed by atoms with Crippen LogP contribution in [0.15, 0.2) is 29.6 Å². The number of aliphatic carboxylic acids is 1. The minimum Gasteiger partial charge on any atom is -0.480 e. The average molecular weight is 374 g/mol. The van der Waals surface area contributed by atoms with E-state index in [1.54, 1.807) is 5.38 Å². The molecule has 1 aliphatic rings. The molecule has 0 bridgehead atoms. The fourth-order valence-electron chi connectivity index (χ4n) is 2.91. The van der Waals surface area contributed by atoms with Gasteiger partial charge in [0.15, 0.2) is 0 Å². The lowest BCUT2D eigenvalue weighted by atomic mass is 9.90. The highest BCUT2D eigenvalue weighted by Gasteiger charge is 2.42. The van der Waals surface area contributed by atoms with Crippen LogP contribution in [0, 0.1) is 0 Å². The van der Waals surface area contributed by atoms with E-state index in [-0.39, 0.29) is 18.5 Å². The van der Waals surface area contributed by atoms with E-state index in [9.17, 15) is 14.7 Å². The molecule has 1 aromatic carbocycles. The Bertz CT molecular complexity index is 792. The summed E-state index contributed by atoms with van der Waals surface area (Å²) in [5, 5.41) is 14.6. The molecule has 0 unspecified atom stereocenters. The Hall–Kier alpha value is -2.25. The van der Waals surface area contributed by atoms with Crippen LogP contribution in [0.5, 0.6) is 0 Å². The lowest BCUT2D eigenvalue weighted by molar-refractivity contribution is -0.148. The maximum absolute atomic E-state index is 12.5. The summed E-state index contributed by atoms with van der Waals surface area (Å²) < 4.78 is 5.22. The molecule has 0 spiro atoms. The van der Waals surface area contributed by atoms with Crippen LogP contribution in [-0.2, 0) is 9.53 Å². The molecule has 2 N–H and O–H groups in total. The summed E-state index contributed by atoms with van der Waals surface area (Å²) in [5.41, 5.74) is 1.14. The van der Waals surface area contributed by atoms with Crippen molar-refractivity contribution in [2.45, 2.75) is 38.1 Å². The number of hydrogen-bond donors (Lipinski definition) is 2. The fraction of sp³-hybridized carbons (Fsp3) is 0.421. The largest absolute Gasteiger partial charge is 0.480 e. The molecule has 0 radical (unpaired) electrons. The zero-order valence-corrected chi connectivity index (χ0v) is 15.6. The lowest BCUT2D eigenvalue weighted by Gasteiger charge is -2.33. The molecule has 138 valence electrons. The number of carbonyl (C=O) groups is 2. The summed E-state index contributed by atoms with van der Waals surface area (Å²) in [6.07, 6.45) is 0.503. The summed E-state index contributed by atoms with van der Waals surface area (Å²) in [6.45, 7) is 4.90. The molecule has 1 aliphatic heterocycles. The quantitative estimate of drug-likeness (QED) is 0.838. The molecular formula is C19H22N2O4S. The van der Waals surface area contributed by atoms with Crippen molar-refractivity contribution in [1.29, 1.82) is 0 Å². The molecule has 1 aromatic heterocycles. The fourth-order valence-corrected chi connectivity index (χ4v) is 3.72. The summed E-state index contributed by atoms with van der Waals surface area (Å²) in [4.78, 5) is 28.6. The van der Waals surface area contributed by atoms with E-state index in [4.69, 9.17) is 4.74 Å². The number of nitrogens with one attached hydrogen (secondary N) is 1. The van der Waals surface area contributed by atoms with Gasteiger partial charge in [-0.05, 0) is 11.5 Å². The van der Waals surface area contributed by atoms with Crippen LogP contribution >= 0.6 is 11.3 Å². The van der Waals surface area contributed by atoms with Crippen molar-refractivity contribution >= 4 is 23.2 Å². The van der Waals surface area contributed by atoms with Crippen LogP contribution in [0.1, 0.15) is 48.7 Å². The van der Waals surface area contributed by atoms with E-state index < -0.39 is 17.4 Å². The summed E-state index contributed by atoms with van der Waals surface area (Å²) in [6, 6.07) is 8.10. The third-order valence-electron chi connectivity index (χ3n) is 4.67. The SMILES string of the molecule is CC(C)c1ccc(-c2nc(C(=O)NC3(C(=O)O)CCOCC3)cs2)cc1. The molecule has 0 aliphatic carbocycles. The van der Waals surface area contributed by atoms with Gasteiger partial charge in [-0.15, -0.1) is 11.3 Å². The molecule has 26 heavy (non-hydrogen) atoms. The number of amides is 1. The third-order valence-corrected chi connectivity index (χ3v) is 5.56. The maximum atomic E-state index is 12.5. The zero-order chi connectivity index (χ0) is 18.7. The first-order chi connectivity index (χ1) is 12.4. The van der Waals surface area contributed by atoms with Crippen LogP contribution < -0.4 is 5.32 Å². The predicted molar refractivity (Wildman–Crippen MR) is 99.5 cm³/mol. The van der Waals surface area contributed by atoms with Gasteiger partial charge in [-0.2, -0.15) is 0 Å². The standard InChI is InChI=1S/C19H22N2O4S/c1-12(2)13-3-5-14(6-4-13)17-20-15(11-26-17)16(22)21-19(18(23)24)7-9-25-10-8-19/h3-6,11-12H,7-10H2,1-2H3,(H,21,22)(H,23,24). The topological polar surface area (TPSA) is 88.5 Å². The number of rotatable bonds is 5. The van der Waals surface area contributed by atoms with E-state index >= 15 is 0 Å². The molecule has 0 saturated carbocycles. The van der Waals surface area contributed by atoms with Crippen LogP contribution in [0.4, 0.5) is 0 Å². The van der Waals surface area contributed by atoms with Gasteiger partial charge in [0.1, 0.15) is 16.2 Å². The number of carboxylic acids is 1. The van der Waals surface area contributed by atoms with Crippen molar-refractivity contribution < 1.29 is 19.4 Å². The number of benzene rings is 1. The van der Waals surface area contributed by atoms with Gasteiger partial charge in [-0.25, -0.2) is 9.78 Å². The minimum absolute atomic E-state index is 0.241. The van der Waals surface area contributed by atoms with E-state index in [1.165, 1.54) is 16.9 Å². The Morgan fingerprint density at radius 3 is 2.46 bits per heavy atom. The van der Waals surface area contributed by atoms with Gasteiger partial charge in [-0.3, -0.25) is 4.79 Å². The lowest BCUT2D eigenvalue weighted by Crippen LogP contribution is -2.57. The second kappa shape index (κ2) is 7.55. The maximum Gasteiger partial charge on any atom is 0.329 e. The molecule has 2 heterocycles. The Morgan fingerprint density at radius 1 is 1.23 bits per heavy atom. The summed E-state index contributed by atoms with van der Waals surface area (Å²) in [5.74, 6) is -1.04. The van der Waals surface area contributed by atoms with Crippen LogP contribution in [0.2, 0.25) is 0 Å². The van der Waals surface area contributed by atoms with Crippen molar-refractivity contribution in [3.8, 4) is 10.6 Å². The van der Waals surface area contributed by atoms with E-state index in [2.05, 4.69) is 36.3 Å². The molecular weight excluding hydrogens is 352 g/mol. The monoisotopic (exact) mass is 374 g/mol. The molecule has 6 nitrogen and oxygen atoms in total. The Kier molecular flexibility index (Phi) is 5.38. The number of thiazole rings is 1. The van der Waals surface area contributed by atoms with Gasteiger partial charge < -0.3 is 15.2 Å². The van der Waals surface area contributed by atoms with Crippen LogP contribution in [-0.4, -0.2) is 40.7 Å². The number of hydrogen-bond acceptors (Lipinski definition) is 5. The normalized spacial score (nSPS) is 16.4. The second-order valence-electron chi connectivity index (χ2n) is 6.77. The number of carbonyl (C=O) groups excluding carboxylic acids is 1. The Labute approximate surface area is 156 Å². The van der Waals surface area contributed by atoms with Gasteiger partial charge in [-0.1, -0.05) is 38.1 Å². The van der Waals surface area contributed by atoms with Gasteiger partial charge in [0, 0.05) is 37.0 Å². The number of nitrogens with zero attached hydrogens (tertiary/aromatic N) is 1. The molecule has 1 amide bonds. The van der Waals surface area contributed by atoms with Gasteiger partial charge >= 0.3 is 5.97 Å². The smallest absolute Gasteiger partial charge is 0.329 e. The van der Waals surface area contributed by atoms with Crippen molar-refractivity contribution in [1.82, 2.24) is 10.3 Å². The van der Waals surface area contributed by atoms with Crippen molar-refractivity contribution in [2.24, 2.45) is 0 Å². The number of carboxylic acid groups (broad SMARTS) is 1. The summed E-state index contributed by atoms with van der Waals surface area (Å²) >= 11 is 1.37. The number of ether oxygens (including phenoxy) is 1. The number of aromatic nitrogens is 1. The van der Waals surface area contributed by atoms with E-state index in [0.29, 0.717) is 19.1 Å². The van der Waals surface area contributed by atoms with Crippen molar-refractivity contribution in [3.63, 3.8) is 0 Å². The Morgan fingerprint density at radius 2 is 1.88 bits per heavy atom. The van der Waals surface area contributed by atoms with Crippen LogP contribution in [0.3, 0.4) is 0 Å². The average Bonchev–Trinajstić information content (AvgIpc) is 3.13. The van der Waals surface area contributed by atoms with Crippen molar-refractivity contribution in [3.05, 3.63) is 40.9 Å². The first-order valence-electron chi connectivity index (χ1n) is 8.61. The third kappa shape index (κ3) is 3.78. The highest BCUT2D eigenvalue weighted by molar-refractivity contribution is 7.13. The van der Waals surface area contributed by atoms with Gasteiger partial charge in [0.25, 0.3) is 5.91 Å². The van der Waals surface area contributed by atoms with Crippen LogP contribution in [0.25, 0.3) is 10.6 Å². The first kappa shape index (κ1) is 18.5.